The Hall–Kier alpha value is -1.38. The summed E-state index contributed by atoms with van der Waals surface area (Å²) in [5.74, 6) is 1.54. The zero-order valence-corrected chi connectivity index (χ0v) is 16.3. The number of sulfonamides is 1. The molecule has 1 N–H and O–H groups in total. The van der Waals surface area contributed by atoms with E-state index >= 15 is 0 Å². The van der Waals surface area contributed by atoms with E-state index in [-0.39, 0.29) is 5.25 Å². The number of nitriles is 1. The maximum atomic E-state index is 11.9. The predicted molar refractivity (Wildman–Crippen MR) is 102 cm³/mol. The molecule has 138 valence electrons. The first kappa shape index (κ1) is 19.9. The third kappa shape index (κ3) is 5.55. The van der Waals surface area contributed by atoms with Gasteiger partial charge in [0.1, 0.15) is 0 Å². The lowest BCUT2D eigenvalue weighted by Crippen LogP contribution is -2.36. The van der Waals surface area contributed by atoms with Gasteiger partial charge >= 0.3 is 0 Å². The highest BCUT2D eigenvalue weighted by Gasteiger charge is 2.27. The van der Waals surface area contributed by atoms with Gasteiger partial charge in [-0.2, -0.15) is 5.26 Å². The molecular formula is C20H30N2O2S. The van der Waals surface area contributed by atoms with Gasteiger partial charge < -0.3 is 0 Å². The van der Waals surface area contributed by atoms with E-state index in [1.807, 2.05) is 0 Å². The van der Waals surface area contributed by atoms with Crippen LogP contribution in [0.3, 0.4) is 0 Å². The van der Waals surface area contributed by atoms with Gasteiger partial charge in [-0.05, 0) is 68.4 Å². The van der Waals surface area contributed by atoms with Crippen molar-refractivity contribution in [3.8, 4) is 6.07 Å². The van der Waals surface area contributed by atoms with E-state index in [0.29, 0.717) is 30.7 Å². The van der Waals surface area contributed by atoms with Crippen LogP contribution >= 0.6 is 0 Å². The lowest BCUT2D eigenvalue weighted by Gasteiger charge is -2.32. The fourth-order valence-electron chi connectivity index (χ4n) is 3.60. The van der Waals surface area contributed by atoms with Crippen molar-refractivity contribution >= 4 is 10.0 Å². The average Bonchev–Trinajstić information content (AvgIpc) is 2.61. The van der Waals surface area contributed by atoms with Gasteiger partial charge in [0, 0.05) is 6.54 Å². The van der Waals surface area contributed by atoms with Crippen molar-refractivity contribution < 1.29 is 8.42 Å². The van der Waals surface area contributed by atoms with Gasteiger partial charge in [0.05, 0.1) is 17.7 Å². The maximum absolute atomic E-state index is 11.9. The summed E-state index contributed by atoms with van der Waals surface area (Å²) < 4.78 is 26.6. The maximum Gasteiger partial charge on any atom is 0.213 e. The molecule has 1 aromatic rings. The Balaban J connectivity index is 1.83. The molecule has 0 amide bonds. The van der Waals surface area contributed by atoms with Crippen molar-refractivity contribution in [2.45, 2.75) is 64.0 Å². The lowest BCUT2D eigenvalue weighted by atomic mass is 9.74. The molecular weight excluding hydrogens is 332 g/mol. The third-order valence-electron chi connectivity index (χ3n) is 5.54. The second kappa shape index (κ2) is 8.82. The Morgan fingerprint density at radius 3 is 2.24 bits per heavy atom. The van der Waals surface area contributed by atoms with E-state index in [4.69, 9.17) is 5.26 Å². The summed E-state index contributed by atoms with van der Waals surface area (Å²) in [4.78, 5) is 0. The number of hydrogen-bond donors (Lipinski definition) is 1. The highest BCUT2D eigenvalue weighted by atomic mass is 32.2. The van der Waals surface area contributed by atoms with Crippen LogP contribution in [0.4, 0.5) is 0 Å². The molecule has 1 atom stereocenters. The monoisotopic (exact) mass is 362 g/mol. The van der Waals surface area contributed by atoms with Crippen molar-refractivity contribution in [2.24, 2.45) is 11.8 Å². The summed E-state index contributed by atoms with van der Waals surface area (Å²) in [6, 6.07) is 10.6. The standard InChI is InChI=1S/C20H30N2O2S/c1-15(2)25(23,24)22-14-16(3)18-8-10-20(11-9-18)19-6-4-17(5-7-19)12-13-21/h4-7,15-16,18,20,22H,8-12,14H2,1-3H3. The van der Waals surface area contributed by atoms with Gasteiger partial charge in [-0.1, -0.05) is 31.2 Å². The van der Waals surface area contributed by atoms with Crippen LogP contribution < -0.4 is 4.72 Å². The number of rotatable bonds is 7. The minimum absolute atomic E-state index is 0.368. The topological polar surface area (TPSA) is 70.0 Å². The van der Waals surface area contributed by atoms with Gasteiger partial charge in [0.15, 0.2) is 0 Å². The van der Waals surface area contributed by atoms with E-state index in [1.165, 1.54) is 5.56 Å². The van der Waals surface area contributed by atoms with Crippen molar-refractivity contribution in [1.82, 2.24) is 4.72 Å². The highest BCUT2D eigenvalue weighted by Crippen LogP contribution is 2.38. The van der Waals surface area contributed by atoms with Gasteiger partial charge in [0.25, 0.3) is 0 Å². The zero-order chi connectivity index (χ0) is 18.4. The van der Waals surface area contributed by atoms with Gasteiger partial charge in [0.2, 0.25) is 10.0 Å². The van der Waals surface area contributed by atoms with Crippen LogP contribution in [0.15, 0.2) is 24.3 Å². The Bertz CT molecular complexity index is 681. The summed E-state index contributed by atoms with van der Waals surface area (Å²) in [5, 5.41) is 8.37. The molecule has 25 heavy (non-hydrogen) atoms. The van der Waals surface area contributed by atoms with Gasteiger partial charge in [-0.25, -0.2) is 13.1 Å². The van der Waals surface area contributed by atoms with Crippen LogP contribution in [0.2, 0.25) is 0 Å². The van der Waals surface area contributed by atoms with Gasteiger partial charge in [-0.15, -0.1) is 0 Å². The molecule has 1 aliphatic carbocycles. The normalized spacial score (nSPS) is 22.5. The van der Waals surface area contributed by atoms with E-state index in [1.54, 1.807) is 13.8 Å². The fourth-order valence-corrected chi connectivity index (χ4v) is 4.43. The first-order valence-electron chi connectivity index (χ1n) is 9.27. The van der Waals surface area contributed by atoms with Gasteiger partial charge in [-0.3, -0.25) is 0 Å². The molecule has 2 rings (SSSR count). The van der Waals surface area contributed by atoms with Crippen molar-refractivity contribution in [2.75, 3.05) is 6.54 Å². The Morgan fingerprint density at radius 2 is 1.72 bits per heavy atom. The smallest absolute Gasteiger partial charge is 0.213 e. The van der Waals surface area contributed by atoms with Crippen LogP contribution in [-0.2, 0) is 16.4 Å². The molecule has 1 aromatic carbocycles. The quantitative estimate of drug-likeness (QED) is 0.797. The third-order valence-corrected chi connectivity index (χ3v) is 7.35. The molecule has 0 aromatic heterocycles. The summed E-state index contributed by atoms with van der Waals surface area (Å²) in [7, 11) is -3.17. The summed E-state index contributed by atoms with van der Waals surface area (Å²) in [6.07, 6.45) is 5.08. The zero-order valence-electron chi connectivity index (χ0n) is 15.5. The van der Waals surface area contributed by atoms with Crippen LogP contribution in [0, 0.1) is 23.2 Å². The molecule has 1 unspecified atom stereocenters. The van der Waals surface area contributed by atoms with Crippen LogP contribution in [0.25, 0.3) is 0 Å². The summed E-state index contributed by atoms with van der Waals surface area (Å²) in [6.45, 7) is 6.11. The molecule has 0 heterocycles. The fraction of sp³-hybridized carbons (Fsp3) is 0.650. The molecule has 0 aliphatic heterocycles. The van der Waals surface area contributed by atoms with Crippen molar-refractivity contribution in [3.63, 3.8) is 0 Å². The summed E-state index contributed by atoms with van der Waals surface area (Å²) >= 11 is 0. The SMILES string of the molecule is CC(CNS(=O)(=O)C(C)C)C1CCC(c2ccc(CC#N)cc2)CC1. The molecule has 0 saturated heterocycles. The van der Waals surface area contributed by atoms with E-state index in [0.717, 1.165) is 31.2 Å². The van der Waals surface area contributed by atoms with Crippen LogP contribution in [0.1, 0.15) is 63.5 Å². The molecule has 1 saturated carbocycles. The molecule has 4 nitrogen and oxygen atoms in total. The molecule has 1 fully saturated rings. The number of hydrogen-bond acceptors (Lipinski definition) is 3. The Morgan fingerprint density at radius 1 is 1.12 bits per heavy atom. The highest BCUT2D eigenvalue weighted by molar-refractivity contribution is 7.90. The first-order chi connectivity index (χ1) is 11.8. The second-order valence-electron chi connectivity index (χ2n) is 7.61. The van der Waals surface area contributed by atoms with E-state index in [2.05, 4.69) is 42.0 Å². The number of benzene rings is 1. The lowest BCUT2D eigenvalue weighted by molar-refractivity contribution is 0.246. The largest absolute Gasteiger partial charge is 0.215 e. The second-order valence-corrected chi connectivity index (χ2v) is 9.93. The molecule has 5 heteroatoms. The van der Waals surface area contributed by atoms with E-state index in [9.17, 15) is 8.42 Å². The average molecular weight is 363 g/mol. The minimum atomic E-state index is -3.17. The van der Waals surface area contributed by atoms with Crippen LogP contribution in [-0.4, -0.2) is 20.2 Å². The summed E-state index contributed by atoms with van der Waals surface area (Å²) in [5.41, 5.74) is 2.44. The van der Waals surface area contributed by atoms with Crippen LogP contribution in [0.5, 0.6) is 0 Å². The predicted octanol–water partition coefficient (Wildman–Crippen LogP) is 3.99. The minimum Gasteiger partial charge on any atom is -0.215 e. The molecule has 0 radical (unpaired) electrons. The number of nitrogens with zero attached hydrogens (tertiary/aromatic N) is 1. The van der Waals surface area contributed by atoms with Crippen molar-refractivity contribution in [1.29, 1.82) is 5.26 Å². The first-order valence-corrected chi connectivity index (χ1v) is 10.8. The molecule has 0 spiro atoms. The number of nitrogens with one attached hydrogen (secondary N) is 1. The van der Waals surface area contributed by atoms with Crippen molar-refractivity contribution in [3.05, 3.63) is 35.4 Å². The molecule has 1 aliphatic rings. The Labute approximate surface area is 152 Å². The Kier molecular flexibility index (Phi) is 7.04. The molecule has 0 bridgehead atoms. The van der Waals surface area contributed by atoms with E-state index < -0.39 is 10.0 Å².